The summed E-state index contributed by atoms with van der Waals surface area (Å²) in [7, 11) is -3.20. The number of sulfone groups is 1. The molecular weight excluding hydrogens is 252 g/mol. The average molecular weight is 270 g/mol. The van der Waals surface area contributed by atoms with Crippen LogP contribution >= 0.6 is 11.8 Å². The average Bonchev–Trinajstić information content (AvgIpc) is 2.79. The van der Waals surface area contributed by atoms with Gasteiger partial charge in [0.25, 0.3) is 0 Å². The van der Waals surface area contributed by atoms with Gasteiger partial charge in [-0.3, -0.25) is 0 Å². The van der Waals surface area contributed by atoms with Crippen molar-refractivity contribution < 1.29 is 8.42 Å². The van der Waals surface area contributed by atoms with E-state index in [1.54, 1.807) is 12.1 Å². The maximum Gasteiger partial charge on any atom is 0.193 e. The first-order chi connectivity index (χ1) is 8.02. The second-order valence-corrected chi connectivity index (χ2v) is 8.35. The van der Waals surface area contributed by atoms with Crippen LogP contribution in [0.15, 0.2) is 29.2 Å². The second kappa shape index (κ2) is 4.65. The molecule has 2 rings (SSSR count). The van der Waals surface area contributed by atoms with Gasteiger partial charge < -0.3 is 0 Å². The maximum atomic E-state index is 12.7. The zero-order valence-electron chi connectivity index (χ0n) is 10.3. The van der Waals surface area contributed by atoms with Gasteiger partial charge >= 0.3 is 0 Å². The fraction of sp³-hybridized carbons (Fsp3) is 0.538. The molecule has 0 N–H and O–H groups in total. The molecule has 0 atom stereocenters. The Labute approximate surface area is 108 Å². The van der Waals surface area contributed by atoms with E-state index in [2.05, 4.69) is 0 Å². The van der Waals surface area contributed by atoms with E-state index in [-0.39, 0.29) is 0 Å². The van der Waals surface area contributed by atoms with Crippen molar-refractivity contribution in [3.63, 3.8) is 0 Å². The molecule has 0 bridgehead atoms. The number of hydrogen-bond donors (Lipinski definition) is 0. The summed E-state index contributed by atoms with van der Waals surface area (Å²) in [6.45, 7) is 1.97. The van der Waals surface area contributed by atoms with Crippen LogP contribution in [0.5, 0.6) is 0 Å². The molecule has 2 nitrogen and oxygen atoms in total. The van der Waals surface area contributed by atoms with E-state index in [4.69, 9.17) is 0 Å². The van der Waals surface area contributed by atoms with Gasteiger partial charge in [-0.2, -0.15) is 0 Å². The molecule has 0 saturated heterocycles. The monoisotopic (exact) mass is 270 g/mol. The minimum Gasteiger partial charge on any atom is -0.222 e. The molecule has 4 heteroatoms. The van der Waals surface area contributed by atoms with Crippen LogP contribution in [0.4, 0.5) is 0 Å². The maximum absolute atomic E-state index is 12.7. The van der Waals surface area contributed by atoms with Gasteiger partial charge in [0, 0.05) is 0 Å². The molecule has 0 spiro atoms. The third-order valence-corrected chi connectivity index (χ3v) is 8.15. The van der Waals surface area contributed by atoms with Crippen molar-refractivity contribution in [3.05, 3.63) is 29.8 Å². The summed E-state index contributed by atoms with van der Waals surface area (Å²) in [4.78, 5) is 0.472. The fourth-order valence-electron chi connectivity index (χ4n) is 2.43. The smallest absolute Gasteiger partial charge is 0.193 e. The van der Waals surface area contributed by atoms with Crippen LogP contribution in [-0.4, -0.2) is 18.8 Å². The lowest BCUT2D eigenvalue weighted by Gasteiger charge is -2.26. The molecule has 0 aliphatic heterocycles. The molecule has 1 saturated carbocycles. The van der Waals surface area contributed by atoms with E-state index in [9.17, 15) is 8.42 Å². The molecule has 94 valence electrons. The van der Waals surface area contributed by atoms with Crippen molar-refractivity contribution >= 4 is 21.6 Å². The molecule has 1 aromatic rings. The number of hydrogen-bond acceptors (Lipinski definition) is 3. The fourth-order valence-corrected chi connectivity index (χ4v) is 6.04. The standard InChI is InChI=1S/C13H18O2S2/c1-11-5-7-12(8-6-11)17(14,15)13(16-2)9-3-4-10-13/h5-8H,3-4,9-10H2,1-2H3. The molecule has 0 aromatic heterocycles. The first-order valence-electron chi connectivity index (χ1n) is 5.88. The predicted octanol–water partition coefficient (Wildman–Crippen LogP) is 3.40. The summed E-state index contributed by atoms with van der Waals surface area (Å²) in [5.74, 6) is 0. The minimum absolute atomic E-state index is 0.472. The van der Waals surface area contributed by atoms with E-state index in [1.165, 1.54) is 11.8 Å². The SMILES string of the molecule is CSC1(S(=O)(=O)c2ccc(C)cc2)CCCC1. The van der Waals surface area contributed by atoms with E-state index in [1.807, 2.05) is 25.3 Å². The molecule has 0 unspecified atom stereocenters. The summed E-state index contributed by atoms with van der Waals surface area (Å²) in [6, 6.07) is 7.22. The zero-order chi connectivity index (χ0) is 12.5. The van der Waals surface area contributed by atoms with E-state index in [0.29, 0.717) is 4.90 Å². The van der Waals surface area contributed by atoms with Crippen molar-refractivity contribution in [1.82, 2.24) is 0 Å². The lowest BCUT2D eigenvalue weighted by molar-refractivity contribution is 0.571. The molecule has 1 aliphatic carbocycles. The summed E-state index contributed by atoms with van der Waals surface area (Å²) in [5.41, 5.74) is 1.09. The van der Waals surface area contributed by atoms with Crippen molar-refractivity contribution in [2.24, 2.45) is 0 Å². The topological polar surface area (TPSA) is 34.1 Å². The zero-order valence-corrected chi connectivity index (χ0v) is 11.9. The van der Waals surface area contributed by atoms with Crippen LogP contribution in [0, 0.1) is 6.92 Å². The molecule has 0 amide bonds. The third-order valence-electron chi connectivity index (χ3n) is 3.56. The summed E-state index contributed by atoms with van der Waals surface area (Å²) >= 11 is 1.50. The highest BCUT2D eigenvalue weighted by atomic mass is 32.3. The van der Waals surface area contributed by atoms with Gasteiger partial charge in [-0.05, 0) is 38.2 Å². The first kappa shape index (κ1) is 13.0. The van der Waals surface area contributed by atoms with Crippen LogP contribution in [0.1, 0.15) is 31.2 Å². The molecule has 1 aliphatic rings. The van der Waals surface area contributed by atoms with Gasteiger partial charge in [0.15, 0.2) is 9.84 Å². The molecular formula is C13H18O2S2. The Morgan fingerprint density at radius 2 is 1.65 bits per heavy atom. The summed E-state index contributed by atoms with van der Waals surface area (Å²) < 4.78 is 24.8. The number of rotatable bonds is 3. The van der Waals surface area contributed by atoms with Gasteiger partial charge in [-0.25, -0.2) is 8.42 Å². The van der Waals surface area contributed by atoms with Crippen molar-refractivity contribution in [1.29, 1.82) is 0 Å². The highest BCUT2D eigenvalue weighted by Gasteiger charge is 2.46. The van der Waals surface area contributed by atoms with Crippen molar-refractivity contribution in [2.45, 2.75) is 41.6 Å². The van der Waals surface area contributed by atoms with Gasteiger partial charge in [-0.15, -0.1) is 11.8 Å². The molecule has 1 fully saturated rings. The summed E-state index contributed by atoms with van der Waals surface area (Å²) in [6.07, 6.45) is 5.52. The number of thioether (sulfide) groups is 1. The highest BCUT2D eigenvalue weighted by Crippen LogP contribution is 2.47. The Morgan fingerprint density at radius 1 is 1.12 bits per heavy atom. The van der Waals surface area contributed by atoms with Crippen LogP contribution in [0.2, 0.25) is 0 Å². The molecule has 17 heavy (non-hydrogen) atoms. The number of aryl methyl sites for hydroxylation is 1. The minimum atomic E-state index is -3.20. The Kier molecular flexibility index (Phi) is 3.55. The third kappa shape index (κ3) is 2.13. The normalized spacial score (nSPS) is 19.4. The predicted molar refractivity (Wildman–Crippen MR) is 73.1 cm³/mol. The molecule has 1 aromatic carbocycles. The molecule has 0 heterocycles. The van der Waals surface area contributed by atoms with E-state index >= 15 is 0 Å². The second-order valence-electron chi connectivity index (χ2n) is 4.64. The Balaban J connectivity index is 2.45. The van der Waals surface area contributed by atoms with E-state index in [0.717, 1.165) is 31.2 Å². The van der Waals surface area contributed by atoms with Crippen LogP contribution < -0.4 is 0 Å². The van der Waals surface area contributed by atoms with Gasteiger partial charge in [0.1, 0.15) is 4.08 Å². The number of benzene rings is 1. The van der Waals surface area contributed by atoms with Crippen LogP contribution in [0.25, 0.3) is 0 Å². The molecule has 0 radical (unpaired) electrons. The Bertz CT molecular complexity index is 483. The van der Waals surface area contributed by atoms with Gasteiger partial charge in [-0.1, -0.05) is 30.5 Å². The largest absolute Gasteiger partial charge is 0.222 e. The van der Waals surface area contributed by atoms with Crippen molar-refractivity contribution in [2.75, 3.05) is 6.26 Å². The first-order valence-corrected chi connectivity index (χ1v) is 8.59. The lowest BCUT2D eigenvalue weighted by atomic mass is 10.2. The Hall–Kier alpha value is -0.480. The van der Waals surface area contributed by atoms with Crippen molar-refractivity contribution in [3.8, 4) is 0 Å². The van der Waals surface area contributed by atoms with Gasteiger partial charge in [0.05, 0.1) is 4.90 Å². The Morgan fingerprint density at radius 3 is 2.12 bits per heavy atom. The van der Waals surface area contributed by atoms with Crippen LogP contribution in [-0.2, 0) is 9.84 Å². The van der Waals surface area contributed by atoms with Crippen LogP contribution in [0.3, 0.4) is 0 Å². The summed E-state index contributed by atoms with van der Waals surface area (Å²) in [5, 5.41) is 0. The lowest BCUT2D eigenvalue weighted by Crippen LogP contribution is -2.31. The quantitative estimate of drug-likeness (QED) is 0.844. The van der Waals surface area contributed by atoms with E-state index < -0.39 is 13.9 Å². The van der Waals surface area contributed by atoms with Gasteiger partial charge in [0.2, 0.25) is 0 Å². The highest BCUT2D eigenvalue weighted by molar-refractivity contribution is 8.14.